The molecule has 0 fully saturated rings. The molecule has 0 aliphatic heterocycles. The van der Waals surface area contributed by atoms with E-state index in [0.29, 0.717) is 15.0 Å². The molecule has 0 heterocycles. The molecule has 0 aliphatic carbocycles. The Morgan fingerprint density at radius 3 is 2.06 bits per heavy atom. The molecule has 2 aromatic rings. The molecule has 88 valence electrons. The first-order valence-electron chi connectivity index (χ1n) is 5.41. The van der Waals surface area contributed by atoms with Crippen LogP contribution in [0.5, 0.6) is 0 Å². The van der Waals surface area contributed by atoms with Crippen LogP contribution in [0.15, 0.2) is 54.6 Å². The van der Waals surface area contributed by atoms with Crippen LogP contribution < -0.4 is 8.92 Å². The maximum absolute atomic E-state index is 9.46. The summed E-state index contributed by atoms with van der Waals surface area (Å²) in [6, 6.07) is 18.1. The molecule has 0 amide bonds. The molecule has 2 rings (SSSR count). The van der Waals surface area contributed by atoms with E-state index in [2.05, 4.69) is 12.1 Å². The normalized spacial score (nSPS) is 12.4. The van der Waals surface area contributed by atoms with Gasteiger partial charge < -0.3 is 0 Å². The number of benzene rings is 2. The molecule has 1 atom stereocenters. The van der Waals surface area contributed by atoms with Gasteiger partial charge in [0.15, 0.2) is 0 Å². The van der Waals surface area contributed by atoms with Gasteiger partial charge in [0, 0.05) is 0 Å². The quantitative estimate of drug-likeness (QED) is 0.800. The van der Waals surface area contributed by atoms with E-state index < -0.39 is 6.10 Å². The van der Waals surface area contributed by atoms with E-state index in [0.717, 1.165) is 5.56 Å². The van der Waals surface area contributed by atoms with Gasteiger partial charge >= 0.3 is 107 Å². The Hall–Kier alpha value is -1.12. The number of hydrogen-bond donors (Lipinski definition) is 2. The molecule has 3 heteroatoms. The molecule has 0 spiro atoms. The van der Waals surface area contributed by atoms with E-state index in [4.69, 9.17) is 5.11 Å². The molecule has 2 aromatic carbocycles. The Morgan fingerprint density at radius 2 is 1.47 bits per heavy atom. The minimum absolute atomic E-state index is 0.233. The van der Waals surface area contributed by atoms with Gasteiger partial charge in [0.1, 0.15) is 0 Å². The third kappa shape index (κ3) is 3.42. The number of rotatable bonds is 4. The number of aliphatic hydroxyl groups excluding tert-OH is 2. The van der Waals surface area contributed by atoms with Crippen LogP contribution in [0.2, 0.25) is 0 Å². The Morgan fingerprint density at radius 1 is 0.882 bits per heavy atom. The van der Waals surface area contributed by atoms with Crippen molar-refractivity contribution in [2.45, 2.75) is 6.10 Å². The first-order valence-corrected chi connectivity index (χ1v) is 7.12. The first-order chi connectivity index (χ1) is 8.29. The molecular formula is C14H14O2Se. The van der Waals surface area contributed by atoms with Gasteiger partial charge in [0.05, 0.1) is 0 Å². The van der Waals surface area contributed by atoms with Gasteiger partial charge in [-0.05, 0) is 0 Å². The van der Waals surface area contributed by atoms with Crippen LogP contribution in [0, 0.1) is 0 Å². The van der Waals surface area contributed by atoms with Gasteiger partial charge in [0.2, 0.25) is 0 Å². The van der Waals surface area contributed by atoms with Crippen LogP contribution in [0.4, 0.5) is 0 Å². The summed E-state index contributed by atoms with van der Waals surface area (Å²) in [6.45, 7) is -0.233. The fourth-order valence-corrected chi connectivity index (χ4v) is 3.25. The molecule has 0 saturated carbocycles. The van der Waals surface area contributed by atoms with E-state index in [-0.39, 0.29) is 6.61 Å². The van der Waals surface area contributed by atoms with Crippen molar-refractivity contribution >= 4 is 23.9 Å². The second-order valence-electron chi connectivity index (χ2n) is 3.68. The Labute approximate surface area is 107 Å². The van der Waals surface area contributed by atoms with E-state index in [1.807, 2.05) is 42.5 Å². The summed E-state index contributed by atoms with van der Waals surface area (Å²) in [7, 11) is 0. The topological polar surface area (TPSA) is 40.5 Å². The predicted molar refractivity (Wildman–Crippen MR) is 70.0 cm³/mol. The van der Waals surface area contributed by atoms with Crippen molar-refractivity contribution in [2.75, 3.05) is 6.61 Å². The first kappa shape index (κ1) is 12.3. The zero-order chi connectivity index (χ0) is 12.1. The fourth-order valence-electron chi connectivity index (χ4n) is 1.49. The van der Waals surface area contributed by atoms with E-state index in [1.165, 1.54) is 8.92 Å². The average Bonchev–Trinajstić information content (AvgIpc) is 2.40. The van der Waals surface area contributed by atoms with Crippen LogP contribution in [0.3, 0.4) is 0 Å². The molecule has 2 nitrogen and oxygen atoms in total. The third-order valence-electron chi connectivity index (χ3n) is 2.42. The van der Waals surface area contributed by atoms with Crippen molar-refractivity contribution in [3.8, 4) is 0 Å². The summed E-state index contributed by atoms with van der Waals surface area (Å²) in [5, 5.41) is 18.3. The number of hydrogen-bond acceptors (Lipinski definition) is 2. The van der Waals surface area contributed by atoms with Gasteiger partial charge in [-0.1, -0.05) is 0 Å². The maximum atomic E-state index is 9.46. The third-order valence-corrected chi connectivity index (χ3v) is 4.55. The molecule has 0 radical (unpaired) electrons. The van der Waals surface area contributed by atoms with Gasteiger partial charge in [0.25, 0.3) is 0 Å². The van der Waals surface area contributed by atoms with Gasteiger partial charge in [-0.3, -0.25) is 0 Å². The Bertz CT molecular complexity index is 453. The van der Waals surface area contributed by atoms with E-state index in [9.17, 15) is 5.11 Å². The second kappa shape index (κ2) is 5.99. The van der Waals surface area contributed by atoms with Crippen molar-refractivity contribution < 1.29 is 10.2 Å². The predicted octanol–water partition coefficient (Wildman–Crippen LogP) is 0.367. The van der Waals surface area contributed by atoms with Crippen molar-refractivity contribution in [1.82, 2.24) is 0 Å². The van der Waals surface area contributed by atoms with Crippen molar-refractivity contribution in [3.05, 3.63) is 60.2 Å². The van der Waals surface area contributed by atoms with E-state index in [1.54, 1.807) is 0 Å². The van der Waals surface area contributed by atoms with Crippen LogP contribution in [0.1, 0.15) is 11.7 Å². The molecular weight excluding hydrogens is 279 g/mol. The zero-order valence-electron chi connectivity index (χ0n) is 9.28. The monoisotopic (exact) mass is 294 g/mol. The zero-order valence-corrected chi connectivity index (χ0v) is 11.0. The number of aliphatic hydroxyl groups is 2. The molecule has 0 aromatic heterocycles. The summed E-state index contributed by atoms with van der Waals surface area (Å²) in [5.41, 5.74) is 0.764. The van der Waals surface area contributed by atoms with Crippen LogP contribution in [0.25, 0.3) is 0 Å². The Balaban J connectivity index is 2.08. The summed E-state index contributed by atoms with van der Waals surface area (Å²) >= 11 is 0.296. The fraction of sp³-hybridized carbons (Fsp3) is 0.143. The molecule has 17 heavy (non-hydrogen) atoms. The van der Waals surface area contributed by atoms with E-state index >= 15 is 0 Å². The summed E-state index contributed by atoms with van der Waals surface area (Å²) in [4.78, 5) is 0. The van der Waals surface area contributed by atoms with Gasteiger partial charge in [-0.25, -0.2) is 0 Å². The molecule has 0 bridgehead atoms. The van der Waals surface area contributed by atoms with Gasteiger partial charge in [-0.15, -0.1) is 0 Å². The molecule has 0 aliphatic rings. The molecule has 1 unspecified atom stereocenters. The summed E-state index contributed by atoms with van der Waals surface area (Å²) in [5.74, 6) is 0. The summed E-state index contributed by atoms with van der Waals surface area (Å²) < 4.78 is 2.59. The van der Waals surface area contributed by atoms with Crippen molar-refractivity contribution in [1.29, 1.82) is 0 Å². The standard InChI is InChI=1S/C14H14O2Se/c15-10-14(16)11-6-8-13(9-7-11)17-12-4-2-1-3-5-12/h1-9,14-16H,10H2. The van der Waals surface area contributed by atoms with Crippen LogP contribution in [-0.4, -0.2) is 31.8 Å². The van der Waals surface area contributed by atoms with Crippen LogP contribution >= 0.6 is 0 Å². The summed E-state index contributed by atoms with van der Waals surface area (Å²) in [6.07, 6.45) is -0.770. The van der Waals surface area contributed by atoms with Crippen molar-refractivity contribution in [2.24, 2.45) is 0 Å². The second-order valence-corrected chi connectivity index (χ2v) is 6.09. The van der Waals surface area contributed by atoms with Gasteiger partial charge in [-0.2, -0.15) is 0 Å². The molecule has 2 N–H and O–H groups in total. The SMILES string of the molecule is OCC(O)c1ccc([Se]c2ccccc2)cc1. The Kier molecular flexibility index (Phi) is 4.35. The van der Waals surface area contributed by atoms with Crippen LogP contribution in [-0.2, 0) is 0 Å². The molecule has 0 saturated heterocycles. The van der Waals surface area contributed by atoms with Crippen molar-refractivity contribution in [3.63, 3.8) is 0 Å². The minimum atomic E-state index is -0.770. The average molecular weight is 293 g/mol.